The Kier molecular flexibility index (Phi) is 5.16. The number of nitrogens with zero attached hydrogens (tertiary/aromatic N) is 2. The molecule has 1 heterocycles. The van der Waals surface area contributed by atoms with E-state index in [4.69, 9.17) is 5.11 Å². The number of carboxylic acids is 1. The molecule has 1 aromatic rings. The summed E-state index contributed by atoms with van der Waals surface area (Å²) in [7, 11) is 0. The van der Waals surface area contributed by atoms with Crippen LogP contribution in [-0.4, -0.2) is 44.6 Å². The van der Waals surface area contributed by atoms with Gasteiger partial charge in [-0.2, -0.15) is 0 Å². The predicted octanol–water partition coefficient (Wildman–Crippen LogP) is 0.804. The van der Waals surface area contributed by atoms with Crippen molar-refractivity contribution < 1.29 is 14.7 Å². The van der Waals surface area contributed by atoms with Crippen molar-refractivity contribution in [2.24, 2.45) is 0 Å². The van der Waals surface area contributed by atoms with Crippen LogP contribution in [0.4, 0.5) is 4.79 Å². The van der Waals surface area contributed by atoms with E-state index < -0.39 is 5.97 Å². The zero-order chi connectivity index (χ0) is 13.5. The molecule has 7 heteroatoms. The van der Waals surface area contributed by atoms with Gasteiger partial charge in [0.25, 0.3) is 0 Å². The number of hydrogen-bond donors (Lipinski definition) is 3. The lowest BCUT2D eigenvalue weighted by atomic mass is 10.2. The van der Waals surface area contributed by atoms with E-state index >= 15 is 0 Å². The van der Waals surface area contributed by atoms with Gasteiger partial charge in [-0.3, -0.25) is 4.79 Å². The summed E-state index contributed by atoms with van der Waals surface area (Å²) < 4.78 is 0. The first-order valence-corrected chi connectivity index (χ1v) is 5.78. The number of aliphatic carboxylic acids is 1. The molecule has 1 unspecified atom stereocenters. The quantitative estimate of drug-likeness (QED) is 0.699. The number of H-pyrrole nitrogens is 1. The standard InChI is InChI=1S/C11H18N4O3/c1-3-8(2)15(6-10(16)17)11(18)13-5-9-4-12-7-14-9/h4,7-8H,3,5-6H2,1-2H3,(H,12,14)(H,13,18)(H,16,17). The van der Waals surface area contributed by atoms with Crippen LogP contribution in [0.25, 0.3) is 0 Å². The molecule has 7 nitrogen and oxygen atoms in total. The Hall–Kier alpha value is -2.05. The molecule has 3 N–H and O–H groups in total. The molecule has 0 radical (unpaired) electrons. The molecule has 0 saturated heterocycles. The highest BCUT2D eigenvalue weighted by Crippen LogP contribution is 2.04. The number of aromatic amines is 1. The van der Waals surface area contributed by atoms with Crippen LogP contribution in [0, 0.1) is 0 Å². The number of hydrogen-bond acceptors (Lipinski definition) is 3. The number of carbonyl (C=O) groups is 2. The minimum atomic E-state index is -1.02. The Bertz CT molecular complexity index is 391. The Morgan fingerprint density at radius 3 is 2.83 bits per heavy atom. The van der Waals surface area contributed by atoms with Crippen LogP contribution in [0.3, 0.4) is 0 Å². The molecule has 0 saturated carbocycles. The molecule has 0 aliphatic heterocycles. The van der Waals surface area contributed by atoms with Crippen LogP contribution in [-0.2, 0) is 11.3 Å². The summed E-state index contributed by atoms with van der Waals surface area (Å²) in [5.74, 6) is -1.02. The minimum Gasteiger partial charge on any atom is -0.480 e. The van der Waals surface area contributed by atoms with Gasteiger partial charge in [-0.1, -0.05) is 6.92 Å². The van der Waals surface area contributed by atoms with Crippen LogP contribution in [0.15, 0.2) is 12.5 Å². The molecule has 0 aliphatic carbocycles. The van der Waals surface area contributed by atoms with E-state index in [1.165, 1.54) is 11.2 Å². The smallest absolute Gasteiger partial charge is 0.323 e. The minimum absolute atomic E-state index is 0.122. The Morgan fingerprint density at radius 1 is 1.61 bits per heavy atom. The summed E-state index contributed by atoms with van der Waals surface area (Å²) in [5, 5.41) is 11.4. The highest BCUT2D eigenvalue weighted by Gasteiger charge is 2.21. The molecule has 1 rings (SSSR count). The second-order valence-corrected chi connectivity index (χ2v) is 4.01. The number of nitrogens with one attached hydrogen (secondary N) is 2. The summed E-state index contributed by atoms with van der Waals surface area (Å²) in [6, 6.07) is -0.510. The summed E-state index contributed by atoms with van der Waals surface area (Å²) in [4.78, 5) is 30.6. The molecule has 0 spiro atoms. The molecule has 0 fully saturated rings. The number of amides is 2. The van der Waals surface area contributed by atoms with E-state index in [0.717, 1.165) is 5.69 Å². The van der Waals surface area contributed by atoms with Crippen molar-refractivity contribution in [2.45, 2.75) is 32.9 Å². The topological polar surface area (TPSA) is 98.3 Å². The molecule has 100 valence electrons. The maximum absolute atomic E-state index is 11.9. The van der Waals surface area contributed by atoms with Crippen LogP contribution >= 0.6 is 0 Å². The van der Waals surface area contributed by atoms with Gasteiger partial charge in [-0.05, 0) is 13.3 Å². The van der Waals surface area contributed by atoms with Gasteiger partial charge in [0, 0.05) is 12.2 Å². The molecule has 0 bridgehead atoms. The fourth-order valence-electron chi connectivity index (χ4n) is 1.45. The molecular formula is C11H18N4O3. The fraction of sp³-hybridized carbons (Fsp3) is 0.545. The van der Waals surface area contributed by atoms with Crippen LogP contribution in [0.2, 0.25) is 0 Å². The van der Waals surface area contributed by atoms with Gasteiger partial charge in [0.15, 0.2) is 0 Å². The second kappa shape index (κ2) is 6.63. The lowest BCUT2D eigenvalue weighted by Gasteiger charge is -2.26. The van der Waals surface area contributed by atoms with Gasteiger partial charge in [0.2, 0.25) is 0 Å². The Balaban J connectivity index is 2.55. The predicted molar refractivity (Wildman–Crippen MR) is 64.9 cm³/mol. The fourth-order valence-corrected chi connectivity index (χ4v) is 1.45. The molecule has 1 atom stereocenters. The van der Waals surface area contributed by atoms with Crippen molar-refractivity contribution in [1.82, 2.24) is 20.2 Å². The Morgan fingerprint density at radius 2 is 2.33 bits per heavy atom. The summed E-state index contributed by atoms with van der Waals surface area (Å²) >= 11 is 0. The van der Waals surface area contributed by atoms with Crippen LogP contribution in [0.5, 0.6) is 0 Å². The first-order valence-electron chi connectivity index (χ1n) is 5.78. The van der Waals surface area contributed by atoms with Gasteiger partial charge in [-0.25, -0.2) is 9.78 Å². The average Bonchev–Trinajstić information content (AvgIpc) is 2.85. The van der Waals surface area contributed by atoms with Gasteiger partial charge < -0.3 is 20.3 Å². The highest BCUT2D eigenvalue weighted by molar-refractivity contribution is 5.80. The number of aromatic nitrogens is 2. The molecule has 2 amide bonds. The monoisotopic (exact) mass is 254 g/mol. The van der Waals surface area contributed by atoms with Crippen LogP contribution < -0.4 is 5.32 Å². The van der Waals surface area contributed by atoms with Crippen molar-refractivity contribution in [3.8, 4) is 0 Å². The molecule has 1 aromatic heterocycles. The van der Waals surface area contributed by atoms with Gasteiger partial charge in [-0.15, -0.1) is 0 Å². The first-order chi connectivity index (χ1) is 8.54. The maximum atomic E-state index is 11.9. The SMILES string of the molecule is CCC(C)N(CC(=O)O)C(=O)NCc1cnc[nH]1. The van der Waals surface area contributed by atoms with E-state index in [9.17, 15) is 9.59 Å². The van der Waals surface area contributed by atoms with Crippen molar-refractivity contribution >= 4 is 12.0 Å². The number of carbonyl (C=O) groups excluding carboxylic acids is 1. The number of imidazole rings is 1. The second-order valence-electron chi connectivity index (χ2n) is 4.01. The summed E-state index contributed by atoms with van der Waals surface area (Å²) in [6.45, 7) is 3.72. The normalized spacial score (nSPS) is 11.9. The first kappa shape index (κ1) is 14.0. The lowest BCUT2D eigenvalue weighted by Crippen LogP contribution is -2.47. The van der Waals surface area contributed by atoms with E-state index in [0.29, 0.717) is 13.0 Å². The van der Waals surface area contributed by atoms with Crippen molar-refractivity contribution in [3.63, 3.8) is 0 Å². The van der Waals surface area contributed by atoms with Gasteiger partial charge >= 0.3 is 12.0 Å². The van der Waals surface area contributed by atoms with E-state index in [-0.39, 0.29) is 18.6 Å². The molecular weight excluding hydrogens is 236 g/mol. The molecule has 0 aliphatic rings. The average molecular weight is 254 g/mol. The van der Waals surface area contributed by atoms with Crippen LogP contribution in [0.1, 0.15) is 26.0 Å². The number of carboxylic acid groups (broad SMARTS) is 1. The summed E-state index contributed by atoms with van der Waals surface area (Å²) in [6.07, 6.45) is 3.82. The number of rotatable bonds is 6. The zero-order valence-electron chi connectivity index (χ0n) is 10.5. The maximum Gasteiger partial charge on any atom is 0.323 e. The van der Waals surface area contributed by atoms with E-state index in [2.05, 4.69) is 15.3 Å². The molecule has 0 aromatic carbocycles. The Labute approximate surface area is 105 Å². The van der Waals surface area contributed by atoms with Crippen molar-refractivity contribution in [1.29, 1.82) is 0 Å². The third kappa shape index (κ3) is 4.08. The number of urea groups is 1. The van der Waals surface area contributed by atoms with E-state index in [1.807, 2.05) is 13.8 Å². The van der Waals surface area contributed by atoms with Crippen molar-refractivity contribution in [2.75, 3.05) is 6.54 Å². The van der Waals surface area contributed by atoms with Crippen molar-refractivity contribution in [3.05, 3.63) is 18.2 Å². The largest absolute Gasteiger partial charge is 0.480 e. The third-order valence-electron chi connectivity index (χ3n) is 2.67. The molecule has 18 heavy (non-hydrogen) atoms. The highest BCUT2D eigenvalue weighted by atomic mass is 16.4. The summed E-state index contributed by atoms with van der Waals surface area (Å²) in [5.41, 5.74) is 0.766. The van der Waals surface area contributed by atoms with E-state index in [1.54, 1.807) is 6.20 Å². The lowest BCUT2D eigenvalue weighted by molar-refractivity contribution is -0.138. The zero-order valence-corrected chi connectivity index (χ0v) is 10.5. The van der Waals surface area contributed by atoms with Gasteiger partial charge in [0.1, 0.15) is 6.54 Å². The van der Waals surface area contributed by atoms with Gasteiger partial charge in [0.05, 0.1) is 18.6 Å². The third-order valence-corrected chi connectivity index (χ3v) is 2.67.